The van der Waals surface area contributed by atoms with Crippen LogP contribution in [0, 0.1) is 0 Å². The second-order valence-corrected chi connectivity index (χ2v) is 6.20. The van der Waals surface area contributed by atoms with E-state index in [0.717, 1.165) is 0 Å². The molecule has 0 aliphatic carbocycles. The number of halogens is 1. The Hall–Kier alpha value is -2.73. The van der Waals surface area contributed by atoms with Gasteiger partial charge in [0.05, 0.1) is 30.5 Å². The molecular formula is C19H19ClN2O4. The molecular weight excluding hydrogens is 356 g/mol. The molecule has 0 radical (unpaired) electrons. The Balaban J connectivity index is 1.79. The van der Waals surface area contributed by atoms with Crippen LogP contribution in [0.3, 0.4) is 0 Å². The molecule has 1 N–H and O–H groups in total. The monoisotopic (exact) mass is 374 g/mol. The Kier molecular flexibility index (Phi) is 5.32. The summed E-state index contributed by atoms with van der Waals surface area (Å²) < 4.78 is 10.5. The Morgan fingerprint density at radius 2 is 1.81 bits per heavy atom. The van der Waals surface area contributed by atoms with Gasteiger partial charge >= 0.3 is 0 Å². The van der Waals surface area contributed by atoms with Crippen LogP contribution in [0.4, 0.5) is 5.69 Å². The number of anilines is 1. The van der Waals surface area contributed by atoms with Gasteiger partial charge in [0.15, 0.2) is 0 Å². The van der Waals surface area contributed by atoms with Crippen LogP contribution < -0.4 is 19.7 Å². The first-order valence-corrected chi connectivity index (χ1v) is 8.52. The number of carbonyl (C=O) groups excluding carboxylic acids is 2. The van der Waals surface area contributed by atoms with Crippen molar-refractivity contribution in [2.75, 3.05) is 25.7 Å². The van der Waals surface area contributed by atoms with Gasteiger partial charge in [-0.1, -0.05) is 29.8 Å². The zero-order valence-corrected chi connectivity index (χ0v) is 15.2. The predicted octanol–water partition coefficient (Wildman–Crippen LogP) is 2.89. The van der Waals surface area contributed by atoms with E-state index in [1.807, 2.05) is 18.2 Å². The molecule has 0 spiro atoms. The Bertz CT molecular complexity index is 840. The quantitative estimate of drug-likeness (QED) is 0.873. The molecule has 3 rings (SSSR count). The van der Waals surface area contributed by atoms with E-state index >= 15 is 0 Å². The maximum Gasteiger partial charge on any atom is 0.257 e. The van der Waals surface area contributed by atoms with Crippen LogP contribution in [0.1, 0.15) is 16.8 Å². The first-order chi connectivity index (χ1) is 12.6. The van der Waals surface area contributed by atoms with Crippen LogP contribution in [0.25, 0.3) is 0 Å². The lowest BCUT2D eigenvalue weighted by atomic mass is 10.1. The number of amides is 2. The zero-order chi connectivity index (χ0) is 18.7. The van der Waals surface area contributed by atoms with Crippen LogP contribution >= 0.6 is 11.6 Å². The average molecular weight is 375 g/mol. The lowest BCUT2D eigenvalue weighted by molar-refractivity contribution is -0.118. The van der Waals surface area contributed by atoms with Crippen molar-refractivity contribution in [3.05, 3.63) is 53.1 Å². The summed E-state index contributed by atoms with van der Waals surface area (Å²) in [6.45, 7) is 0.490. The normalized spacial score (nSPS) is 16.5. The van der Waals surface area contributed by atoms with Crippen LogP contribution in [0.2, 0.25) is 5.02 Å². The summed E-state index contributed by atoms with van der Waals surface area (Å²) in [6.07, 6.45) is 0.495. The number of para-hydroxylation sites is 2. The molecule has 1 aliphatic rings. The summed E-state index contributed by atoms with van der Waals surface area (Å²) in [5, 5.41) is 3.03. The predicted molar refractivity (Wildman–Crippen MR) is 99.2 cm³/mol. The second-order valence-electron chi connectivity index (χ2n) is 5.79. The van der Waals surface area contributed by atoms with Crippen molar-refractivity contribution >= 4 is 29.1 Å². The summed E-state index contributed by atoms with van der Waals surface area (Å²) in [4.78, 5) is 27.0. The SMILES string of the molecule is COc1ccccc1N1CCC(NC(=O)c2c(Cl)cccc2OC)C1=O. The lowest BCUT2D eigenvalue weighted by Gasteiger charge is -2.20. The number of hydrogen-bond donors (Lipinski definition) is 1. The molecule has 0 aromatic heterocycles. The van der Waals surface area contributed by atoms with Gasteiger partial charge in [-0.3, -0.25) is 9.59 Å². The van der Waals surface area contributed by atoms with E-state index in [2.05, 4.69) is 5.32 Å². The minimum Gasteiger partial charge on any atom is -0.496 e. The van der Waals surface area contributed by atoms with Crippen molar-refractivity contribution < 1.29 is 19.1 Å². The van der Waals surface area contributed by atoms with E-state index in [1.54, 1.807) is 36.3 Å². The summed E-state index contributed by atoms with van der Waals surface area (Å²) in [6, 6.07) is 11.6. The molecule has 0 bridgehead atoms. The number of methoxy groups -OCH3 is 2. The molecule has 1 saturated heterocycles. The van der Waals surface area contributed by atoms with Gasteiger partial charge in [-0.15, -0.1) is 0 Å². The minimum absolute atomic E-state index is 0.186. The number of nitrogens with zero attached hydrogens (tertiary/aromatic N) is 1. The van der Waals surface area contributed by atoms with Crippen LogP contribution in [0.5, 0.6) is 11.5 Å². The molecule has 1 aliphatic heterocycles. The molecule has 2 aromatic rings. The van der Waals surface area contributed by atoms with Crippen LogP contribution in [-0.4, -0.2) is 38.6 Å². The summed E-state index contributed by atoms with van der Waals surface area (Å²) in [5.74, 6) is 0.351. The molecule has 0 saturated carbocycles. The first-order valence-electron chi connectivity index (χ1n) is 8.14. The fraction of sp³-hybridized carbons (Fsp3) is 0.263. The third-order valence-corrected chi connectivity index (χ3v) is 4.62. The van der Waals surface area contributed by atoms with Gasteiger partial charge in [-0.2, -0.15) is 0 Å². The molecule has 26 heavy (non-hydrogen) atoms. The molecule has 2 aromatic carbocycles. The summed E-state index contributed by atoms with van der Waals surface area (Å²) >= 11 is 6.14. The highest BCUT2D eigenvalue weighted by Gasteiger charge is 2.35. The van der Waals surface area contributed by atoms with Gasteiger partial charge in [-0.25, -0.2) is 0 Å². The largest absolute Gasteiger partial charge is 0.496 e. The first kappa shape index (κ1) is 18.1. The van der Waals surface area contributed by atoms with E-state index < -0.39 is 11.9 Å². The van der Waals surface area contributed by atoms with Gasteiger partial charge in [0.25, 0.3) is 5.91 Å². The Morgan fingerprint density at radius 3 is 2.54 bits per heavy atom. The third-order valence-electron chi connectivity index (χ3n) is 4.31. The van der Waals surface area contributed by atoms with Gasteiger partial charge in [0.2, 0.25) is 5.91 Å². The number of hydrogen-bond acceptors (Lipinski definition) is 4. The lowest BCUT2D eigenvalue weighted by Crippen LogP contribution is -2.41. The third kappa shape index (κ3) is 3.32. The van der Waals surface area contributed by atoms with E-state index in [1.165, 1.54) is 7.11 Å². The fourth-order valence-corrected chi connectivity index (χ4v) is 3.28. The maximum absolute atomic E-state index is 12.8. The molecule has 6 nitrogen and oxygen atoms in total. The maximum atomic E-state index is 12.8. The molecule has 1 heterocycles. The van der Waals surface area contributed by atoms with E-state index in [-0.39, 0.29) is 16.5 Å². The molecule has 1 atom stereocenters. The van der Waals surface area contributed by atoms with Crippen molar-refractivity contribution in [1.29, 1.82) is 0 Å². The zero-order valence-electron chi connectivity index (χ0n) is 14.5. The van der Waals surface area contributed by atoms with Gasteiger partial charge in [0, 0.05) is 6.54 Å². The molecule has 1 unspecified atom stereocenters. The van der Waals surface area contributed by atoms with Crippen molar-refractivity contribution in [1.82, 2.24) is 5.32 Å². The number of rotatable bonds is 5. The summed E-state index contributed by atoms with van der Waals surface area (Å²) in [5.41, 5.74) is 0.910. The topological polar surface area (TPSA) is 67.9 Å². The van der Waals surface area contributed by atoms with Crippen molar-refractivity contribution in [2.24, 2.45) is 0 Å². The van der Waals surface area contributed by atoms with Crippen molar-refractivity contribution in [3.8, 4) is 11.5 Å². The van der Waals surface area contributed by atoms with Gasteiger partial charge in [0.1, 0.15) is 17.5 Å². The number of carbonyl (C=O) groups is 2. The van der Waals surface area contributed by atoms with Gasteiger partial charge < -0.3 is 19.7 Å². The fourth-order valence-electron chi connectivity index (χ4n) is 3.03. The van der Waals surface area contributed by atoms with Crippen LogP contribution in [-0.2, 0) is 4.79 Å². The number of benzene rings is 2. The minimum atomic E-state index is -0.631. The molecule has 1 fully saturated rings. The average Bonchev–Trinajstić information content (AvgIpc) is 3.01. The Labute approximate surface area is 156 Å². The van der Waals surface area contributed by atoms with E-state index in [9.17, 15) is 9.59 Å². The Morgan fingerprint density at radius 1 is 1.12 bits per heavy atom. The highest BCUT2D eigenvalue weighted by atomic mass is 35.5. The molecule has 7 heteroatoms. The van der Waals surface area contributed by atoms with E-state index in [0.29, 0.717) is 30.2 Å². The standard InChI is InChI=1S/C19H19ClN2O4/c1-25-15-8-4-3-7-14(15)22-11-10-13(19(22)24)21-18(23)17-12(20)6-5-9-16(17)26-2/h3-9,13H,10-11H2,1-2H3,(H,21,23). The molecule has 136 valence electrons. The van der Waals surface area contributed by atoms with Gasteiger partial charge in [-0.05, 0) is 30.7 Å². The highest BCUT2D eigenvalue weighted by Crippen LogP contribution is 2.31. The van der Waals surface area contributed by atoms with E-state index in [4.69, 9.17) is 21.1 Å². The smallest absolute Gasteiger partial charge is 0.257 e. The van der Waals surface area contributed by atoms with Crippen molar-refractivity contribution in [3.63, 3.8) is 0 Å². The molecule has 2 amide bonds. The second kappa shape index (κ2) is 7.66. The number of ether oxygens (including phenoxy) is 2. The number of nitrogens with one attached hydrogen (secondary N) is 1. The van der Waals surface area contributed by atoms with Crippen molar-refractivity contribution in [2.45, 2.75) is 12.5 Å². The highest BCUT2D eigenvalue weighted by molar-refractivity contribution is 6.34. The van der Waals surface area contributed by atoms with Crippen LogP contribution in [0.15, 0.2) is 42.5 Å². The summed E-state index contributed by atoms with van der Waals surface area (Å²) in [7, 11) is 3.02.